The quantitative estimate of drug-likeness (QED) is 0.676. The Morgan fingerprint density at radius 3 is 2.64 bits per heavy atom. The normalized spacial score (nSPS) is 10.4. The van der Waals surface area contributed by atoms with Gasteiger partial charge >= 0.3 is 7.12 Å². The zero-order valence-corrected chi connectivity index (χ0v) is 7.23. The minimum absolute atomic E-state index is 0.191. The maximum Gasteiger partial charge on any atom is 0.488 e. The molecule has 0 aromatic heterocycles. The van der Waals surface area contributed by atoms with Crippen molar-refractivity contribution in [3.8, 4) is 5.75 Å². The van der Waals surface area contributed by atoms with Crippen molar-refractivity contribution < 1.29 is 23.6 Å². The minimum atomic E-state index is -2.54. The van der Waals surface area contributed by atoms with E-state index in [1.54, 1.807) is 0 Å². The highest BCUT2D eigenvalue weighted by atomic mass is 19.3. The number of halogens is 2. The minimum Gasteiger partial charge on any atom is -0.488 e. The van der Waals surface area contributed by atoms with Crippen LogP contribution in [0.5, 0.6) is 5.75 Å². The van der Waals surface area contributed by atoms with Gasteiger partial charge in [-0.2, -0.15) is 0 Å². The van der Waals surface area contributed by atoms with Crippen molar-refractivity contribution in [1.29, 1.82) is 0 Å². The molecule has 0 bridgehead atoms. The van der Waals surface area contributed by atoms with E-state index in [0.717, 1.165) is 0 Å². The monoisotopic (exact) mass is 202 g/mol. The summed E-state index contributed by atoms with van der Waals surface area (Å²) < 4.78 is 28.2. The van der Waals surface area contributed by atoms with Crippen molar-refractivity contribution in [2.24, 2.45) is 0 Å². The number of alkyl halides is 2. The SMILES string of the molecule is OB(O)c1cccc(OCC(F)F)c1. The molecule has 3 nitrogen and oxygen atoms in total. The molecule has 76 valence electrons. The fourth-order valence-corrected chi connectivity index (χ4v) is 0.924. The van der Waals surface area contributed by atoms with E-state index in [1.807, 2.05) is 0 Å². The predicted octanol–water partition coefficient (Wildman–Crippen LogP) is 0.0103. The molecule has 0 saturated carbocycles. The van der Waals surface area contributed by atoms with Gasteiger partial charge in [-0.05, 0) is 17.6 Å². The molecular formula is C8H9BF2O3. The molecule has 1 aromatic rings. The first-order valence-electron chi connectivity index (χ1n) is 3.96. The lowest BCUT2D eigenvalue weighted by atomic mass is 9.80. The Bertz CT molecular complexity index is 294. The molecule has 2 N–H and O–H groups in total. The maximum atomic E-state index is 11.8. The van der Waals surface area contributed by atoms with Crippen LogP contribution in [0, 0.1) is 0 Å². The summed E-state index contributed by atoms with van der Waals surface area (Å²) in [4.78, 5) is 0. The van der Waals surface area contributed by atoms with Gasteiger partial charge in [0.25, 0.3) is 6.43 Å². The van der Waals surface area contributed by atoms with Crippen molar-refractivity contribution >= 4 is 12.6 Å². The van der Waals surface area contributed by atoms with Crippen LogP contribution in [0.25, 0.3) is 0 Å². The molecule has 0 heterocycles. The van der Waals surface area contributed by atoms with Crippen LogP contribution in [0.3, 0.4) is 0 Å². The maximum absolute atomic E-state index is 11.8. The van der Waals surface area contributed by atoms with Gasteiger partial charge in [-0.3, -0.25) is 0 Å². The largest absolute Gasteiger partial charge is 0.488 e. The number of hydrogen-bond acceptors (Lipinski definition) is 3. The van der Waals surface area contributed by atoms with Gasteiger partial charge < -0.3 is 14.8 Å². The van der Waals surface area contributed by atoms with E-state index in [4.69, 9.17) is 10.0 Å². The van der Waals surface area contributed by atoms with Crippen LogP contribution >= 0.6 is 0 Å². The number of benzene rings is 1. The highest BCUT2D eigenvalue weighted by Crippen LogP contribution is 2.08. The second kappa shape index (κ2) is 4.92. The Kier molecular flexibility index (Phi) is 3.85. The van der Waals surface area contributed by atoms with Gasteiger partial charge in [-0.25, -0.2) is 8.78 Å². The highest BCUT2D eigenvalue weighted by Gasteiger charge is 2.11. The fourth-order valence-electron chi connectivity index (χ4n) is 0.924. The summed E-state index contributed by atoms with van der Waals surface area (Å²) in [5.74, 6) is 0.191. The van der Waals surface area contributed by atoms with Crippen LogP contribution < -0.4 is 10.2 Å². The second-order valence-corrected chi connectivity index (χ2v) is 2.65. The Balaban J connectivity index is 2.64. The van der Waals surface area contributed by atoms with Gasteiger partial charge in [0.2, 0.25) is 0 Å². The lowest BCUT2D eigenvalue weighted by molar-refractivity contribution is 0.0819. The van der Waals surface area contributed by atoms with Gasteiger partial charge in [0.1, 0.15) is 12.4 Å². The average Bonchev–Trinajstić information content (AvgIpc) is 2.15. The van der Waals surface area contributed by atoms with Gasteiger partial charge in [-0.15, -0.1) is 0 Å². The first-order valence-corrected chi connectivity index (χ1v) is 3.96. The summed E-state index contributed by atoms with van der Waals surface area (Å²) in [6.45, 7) is -0.703. The van der Waals surface area contributed by atoms with E-state index in [9.17, 15) is 8.78 Å². The van der Waals surface area contributed by atoms with Crippen LogP contribution in [-0.4, -0.2) is 30.2 Å². The third-order valence-electron chi connectivity index (χ3n) is 1.53. The fraction of sp³-hybridized carbons (Fsp3) is 0.250. The lowest BCUT2D eigenvalue weighted by Gasteiger charge is -2.06. The van der Waals surface area contributed by atoms with Crippen LogP contribution in [0.4, 0.5) is 8.78 Å². The standard InChI is InChI=1S/C8H9BF2O3/c10-8(11)5-14-7-3-1-2-6(4-7)9(12)13/h1-4,8,12-13H,5H2. The Hall–Kier alpha value is -1.14. The van der Waals surface area contributed by atoms with Crippen molar-refractivity contribution in [1.82, 2.24) is 0 Å². The summed E-state index contributed by atoms with van der Waals surface area (Å²) >= 11 is 0. The molecule has 0 saturated heterocycles. The van der Waals surface area contributed by atoms with Crippen LogP contribution in [0.1, 0.15) is 0 Å². The molecule has 0 amide bonds. The molecule has 1 aromatic carbocycles. The van der Waals surface area contributed by atoms with E-state index in [1.165, 1.54) is 24.3 Å². The molecule has 0 fully saturated rings. The predicted molar refractivity (Wildman–Crippen MR) is 47.8 cm³/mol. The van der Waals surface area contributed by atoms with Crippen molar-refractivity contribution in [3.63, 3.8) is 0 Å². The topological polar surface area (TPSA) is 49.7 Å². The zero-order valence-electron chi connectivity index (χ0n) is 7.23. The molecule has 0 spiro atoms. The molecule has 14 heavy (non-hydrogen) atoms. The van der Waals surface area contributed by atoms with Gasteiger partial charge in [-0.1, -0.05) is 12.1 Å². The number of rotatable bonds is 4. The summed E-state index contributed by atoms with van der Waals surface area (Å²) in [6, 6.07) is 5.72. The lowest BCUT2D eigenvalue weighted by Crippen LogP contribution is -2.29. The van der Waals surface area contributed by atoms with Gasteiger partial charge in [0.15, 0.2) is 0 Å². The summed E-state index contributed by atoms with van der Waals surface area (Å²) in [7, 11) is -1.62. The van der Waals surface area contributed by atoms with Crippen molar-refractivity contribution in [2.45, 2.75) is 6.43 Å². The molecule has 0 aliphatic rings. The van der Waals surface area contributed by atoms with Crippen LogP contribution in [0.2, 0.25) is 0 Å². The van der Waals surface area contributed by atoms with E-state index in [-0.39, 0.29) is 11.2 Å². The molecule has 0 atom stereocenters. The molecule has 1 rings (SSSR count). The van der Waals surface area contributed by atoms with Crippen LogP contribution in [-0.2, 0) is 0 Å². The van der Waals surface area contributed by atoms with E-state index >= 15 is 0 Å². The number of ether oxygens (including phenoxy) is 1. The Morgan fingerprint density at radius 2 is 2.07 bits per heavy atom. The van der Waals surface area contributed by atoms with E-state index in [2.05, 4.69) is 4.74 Å². The smallest absolute Gasteiger partial charge is 0.488 e. The first-order chi connectivity index (χ1) is 6.59. The molecule has 0 unspecified atom stereocenters. The summed E-state index contributed by atoms with van der Waals surface area (Å²) in [5.41, 5.74) is 0.205. The van der Waals surface area contributed by atoms with Gasteiger partial charge in [0.05, 0.1) is 0 Å². The molecule has 0 aliphatic heterocycles. The van der Waals surface area contributed by atoms with E-state index < -0.39 is 20.2 Å². The van der Waals surface area contributed by atoms with Crippen LogP contribution in [0.15, 0.2) is 24.3 Å². The summed E-state index contributed by atoms with van der Waals surface area (Å²) in [6.07, 6.45) is -2.54. The molecule has 0 aliphatic carbocycles. The molecular weight excluding hydrogens is 193 g/mol. The third kappa shape index (κ3) is 3.31. The first kappa shape index (κ1) is 10.9. The van der Waals surface area contributed by atoms with Gasteiger partial charge in [0, 0.05) is 0 Å². The second-order valence-electron chi connectivity index (χ2n) is 2.65. The van der Waals surface area contributed by atoms with Crippen molar-refractivity contribution in [3.05, 3.63) is 24.3 Å². The Morgan fingerprint density at radius 1 is 1.36 bits per heavy atom. The zero-order chi connectivity index (χ0) is 10.6. The third-order valence-corrected chi connectivity index (χ3v) is 1.53. The number of hydrogen-bond donors (Lipinski definition) is 2. The summed E-state index contributed by atoms with van der Waals surface area (Å²) in [5, 5.41) is 17.6. The van der Waals surface area contributed by atoms with E-state index in [0.29, 0.717) is 0 Å². The van der Waals surface area contributed by atoms with Crippen molar-refractivity contribution in [2.75, 3.05) is 6.61 Å². The highest BCUT2D eigenvalue weighted by molar-refractivity contribution is 6.58. The average molecular weight is 202 g/mol. The molecule has 6 heteroatoms. The molecule has 0 radical (unpaired) electrons. The Labute approximate surface area is 80.1 Å².